The summed E-state index contributed by atoms with van der Waals surface area (Å²) in [4.78, 5) is 25.5. The van der Waals surface area contributed by atoms with Crippen LogP contribution < -0.4 is 14.8 Å². The normalized spacial score (nSPS) is 15.3. The highest BCUT2D eigenvalue weighted by atomic mass is 16.5. The van der Waals surface area contributed by atoms with Crippen molar-refractivity contribution in [3.05, 3.63) is 23.8 Å². The number of benzene rings is 1. The zero-order valence-electron chi connectivity index (χ0n) is 11.6. The molecule has 1 fully saturated rings. The molecule has 0 bridgehead atoms. The molecule has 0 aromatic heterocycles. The maximum absolute atomic E-state index is 12.6. The Bertz CT molecular complexity index is 516. The minimum atomic E-state index is -0.155. The number of methoxy groups -OCH3 is 2. The van der Waals surface area contributed by atoms with Crippen LogP contribution in [-0.4, -0.2) is 50.6 Å². The lowest BCUT2D eigenvalue weighted by Gasteiger charge is -2.21. The molecule has 0 spiro atoms. The third-order valence-corrected chi connectivity index (χ3v) is 3.23. The van der Waals surface area contributed by atoms with Gasteiger partial charge in [-0.05, 0) is 12.1 Å². The predicted octanol–water partition coefficient (Wildman–Crippen LogP) is 0.666. The van der Waals surface area contributed by atoms with Crippen molar-refractivity contribution in [1.82, 2.24) is 10.2 Å². The highest BCUT2D eigenvalue weighted by Gasteiger charge is 2.23. The van der Waals surface area contributed by atoms with Crippen LogP contribution in [0.25, 0.3) is 0 Å². The summed E-state index contributed by atoms with van der Waals surface area (Å²) in [5, 5.41) is 2.74. The largest absolute Gasteiger partial charge is 0.493 e. The van der Waals surface area contributed by atoms with E-state index in [1.807, 2.05) is 0 Å². The van der Waals surface area contributed by atoms with E-state index in [1.165, 1.54) is 14.2 Å². The first kappa shape index (κ1) is 14.2. The van der Waals surface area contributed by atoms with Gasteiger partial charge in [0.25, 0.3) is 5.91 Å². The molecule has 0 unspecified atom stereocenters. The third-order valence-electron chi connectivity index (χ3n) is 3.23. The van der Waals surface area contributed by atoms with Crippen molar-refractivity contribution in [2.45, 2.75) is 6.42 Å². The van der Waals surface area contributed by atoms with Gasteiger partial charge in [0.1, 0.15) is 0 Å². The first-order valence-electron chi connectivity index (χ1n) is 6.44. The van der Waals surface area contributed by atoms with E-state index in [-0.39, 0.29) is 11.8 Å². The monoisotopic (exact) mass is 278 g/mol. The molecule has 20 heavy (non-hydrogen) atoms. The summed E-state index contributed by atoms with van der Waals surface area (Å²) in [6, 6.07) is 5.18. The number of nitrogens with one attached hydrogen (secondary N) is 1. The second kappa shape index (κ2) is 6.27. The predicted molar refractivity (Wildman–Crippen MR) is 73.1 cm³/mol. The van der Waals surface area contributed by atoms with Gasteiger partial charge in [0.05, 0.1) is 19.8 Å². The molecule has 108 valence electrons. The number of nitrogens with zero attached hydrogens (tertiary/aromatic N) is 1. The number of carbonyl (C=O) groups excluding carboxylic acids is 2. The van der Waals surface area contributed by atoms with Crippen molar-refractivity contribution >= 4 is 11.8 Å². The van der Waals surface area contributed by atoms with E-state index >= 15 is 0 Å². The second-order valence-corrected chi connectivity index (χ2v) is 4.43. The smallest absolute Gasteiger partial charge is 0.257 e. The van der Waals surface area contributed by atoms with Gasteiger partial charge in [-0.3, -0.25) is 9.59 Å². The van der Waals surface area contributed by atoms with Gasteiger partial charge in [-0.15, -0.1) is 0 Å². The van der Waals surface area contributed by atoms with Gasteiger partial charge >= 0.3 is 0 Å². The second-order valence-electron chi connectivity index (χ2n) is 4.43. The molecule has 0 atom stereocenters. The Balaban J connectivity index is 2.26. The lowest BCUT2D eigenvalue weighted by molar-refractivity contribution is -0.120. The van der Waals surface area contributed by atoms with Gasteiger partial charge in [0.2, 0.25) is 5.91 Å². The average molecular weight is 278 g/mol. The summed E-state index contributed by atoms with van der Waals surface area (Å²) in [6.07, 6.45) is 0.317. The van der Waals surface area contributed by atoms with E-state index in [0.717, 1.165) is 0 Å². The average Bonchev–Trinajstić information content (AvgIpc) is 2.70. The number of ether oxygens (including phenoxy) is 2. The van der Waals surface area contributed by atoms with Crippen molar-refractivity contribution in [1.29, 1.82) is 0 Å². The van der Waals surface area contributed by atoms with Gasteiger partial charge in [-0.1, -0.05) is 6.07 Å². The molecule has 6 heteroatoms. The highest BCUT2D eigenvalue weighted by Crippen LogP contribution is 2.31. The summed E-state index contributed by atoms with van der Waals surface area (Å²) in [5.74, 6) is 0.751. The molecule has 6 nitrogen and oxygen atoms in total. The van der Waals surface area contributed by atoms with E-state index in [2.05, 4.69) is 5.32 Å². The molecular weight excluding hydrogens is 260 g/mol. The van der Waals surface area contributed by atoms with Gasteiger partial charge in [-0.2, -0.15) is 0 Å². The Labute approximate surface area is 117 Å². The van der Waals surface area contributed by atoms with Crippen LogP contribution in [0, 0.1) is 0 Å². The van der Waals surface area contributed by atoms with Crippen LogP contribution in [0.15, 0.2) is 18.2 Å². The SMILES string of the molecule is COc1cccc(C(=O)N2CCNC(=O)CC2)c1OC. The molecule has 1 N–H and O–H groups in total. The molecule has 0 radical (unpaired) electrons. The van der Waals surface area contributed by atoms with Crippen LogP contribution in [0.1, 0.15) is 16.8 Å². The van der Waals surface area contributed by atoms with Crippen LogP contribution in [0.3, 0.4) is 0 Å². The molecule has 1 aliphatic heterocycles. The summed E-state index contributed by atoms with van der Waals surface area (Å²) in [6.45, 7) is 1.37. The number of hydrogen-bond donors (Lipinski definition) is 1. The lowest BCUT2D eigenvalue weighted by Crippen LogP contribution is -2.34. The number of hydrogen-bond acceptors (Lipinski definition) is 4. The summed E-state index contributed by atoms with van der Waals surface area (Å²) >= 11 is 0. The highest BCUT2D eigenvalue weighted by molar-refractivity contribution is 5.98. The molecular formula is C14H18N2O4. The summed E-state index contributed by atoms with van der Waals surface area (Å²) in [5.41, 5.74) is 0.446. The molecule has 1 heterocycles. The van der Waals surface area contributed by atoms with Gasteiger partial charge in [-0.25, -0.2) is 0 Å². The third kappa shape index (κ3) is 2.84. The molecule has 1 aromatic carbocycles. The topological polar surface area (TPSA) is 67.9 Å². The van der Waals surface area contributed by atoms with Crippen molar-refractivity contribution in [3.8, 4) is 11.5 Å². The van der Waals surface area contributed by atoms with Crippen molar-refractivity contribution in [3.63, 3.8) is 0 Å². The molecule has 1 saturated heterocycles. The Hall–Kier alpha value is -2.24. The van der Waals surface area contributed by atoms with Crippen LogP contribution in [-0.2, 0) is 4.79 Å². The molecule has 0 saturated carbocycles. The molecule has 2 rings (SSSR count). The van der Waals surface area contributed by atoms with E-state index in [1.54, 1.807) is 23.1 Å². The number of para-hydroxylation sites is 1. The molecule has 1 aromatic rings. The van der Waals surface area contributed by atoms with Gasteiger partial charge in [0.15, 0.2) is 11.5 Å². The number of carbonyl (C=O) groups is 2. The number of amides is 2. The molecule has 2 amide bonds. The number of rotatable bonds is 3. The minimum Gasteiger partial charge on any atom is -0.493 e. The standard InChI is InChI=1S/C14H18N2O4/c1-19-11-5-3-4-10(13(11)20-2)14(18)16-8-6-12(17)15-7-9-16/h3-5H,6-9H2,1-2H3,(H,15,17). The quantitative estimate of drug-likeness (QED) is 0.882. The Morgan fingerprint density at radius 3 is 2.75 bits per heavy atom. The fourth-order valence-electron chi connectivity index (χ4n) is 2.20. The Morgan fingerprint density at radius 2 is 2.05 bits per heavy atom. The van der Waals surface area contributed by atoms with Crippen molar-refractivity contribution in [2.24, 2.45) is 0 Å². The Morgan fingerprint density at radius 1 is 1.25 bits per heavy atom. The molecule has 1 aliphatic rings. The fourth-order valence-corrected chi connectivity index (χ4v) is 2.20. The first-order chi connectivity index (χ1) is 9.67. The van der Waals surface area contributed by atoms with E-state index < -0.39 is 0 Å². The maximum atomic E-state index is 12.6. The zero-order chi connectivity index (χ0) is 14.5. The zero-order valence-corrected chi connectivity index (χ0v) is 11.6. The van der Waals surface area contributed by atoms with Crippen LogP contribution >= 0.6 is 0 Å². The van der Waals surface area contributed by atoms with Crippen LogP contribution in [0.2, 0.25) is 0 Å². The first-order valence-corrected chi connectivity index (χ1v) is 6.44. The van der Waals surface area contributed by atoms with Crippen molar-refractivity contribution < 1.29 is 19.1 Å². The van der Waals surface area contributed by atoms with Crippen LogP contribution in [0.4, 0.5) is 0 Å². The van der Waals surface area contributed by atoms with E-state index in [9.17, 15) is 9.59 Å². The summed E-state index contributed by atoms with van der Waals surface area (Å²) in [7, 11) is 3.03. The summed E-state index contributed by atoms with van der Waals surface area (Å²) < 4.78 is 10.5. The van der Waals surface area contributed by atoms with E-state index in [4.69, 9.17) is 9.47 Å². The lowest BCUT2D eigenvalue weighted by atomic mass is 10.1. The van der Waals surface area contributed by atoms with Crippen LogP contribution in [0.5, 0.6) is 11.5 Å². The van der Waals surface area contributed by atoms with Gasteiger partial charge < -0.3 is 19.7 Å². The minimum absolute atomic E-state index is 0.0297. The molecule has 0 aliphatic carbocycles. The van der Waals surface area contributed by atoms with E-state index in [0.29, 0.717) is 43.1 Å². The maximum Gasteiger partial charge on any atom is 0.257 e. The Kier molecular flexibility index (Phi) is 4.45. The fraction of sp³-hybridized carbons (Fsp3) is 0.429. The van der Waals surface area contributed by atoms with Crippen molar-refractivity contribution in [2.75, 3.05) is 33.9 Å². The van der Waals surface area contributed by atoms with Gasteiger partial charge in [0, 0.05) is 26.1 Å².